The van der Waals surface area contributed by atoms with Crippen LogP contribution in [0.15, 0.2) is 11.1 Å². The van der Waals surface area contributed by atoms with Crippen molar-refractivity contribution in [3.63, 3.8) is 0 Å². The number of aliphatic hydroxyl groups excluding tert-OH is 1. The van der Waals surface area contributed by atoms with E-state index in [9.17, 15) is 0 Å². The fourth-order valence-corrected chi connectivity index (χ4v) is 0.915. The third-order valence-corrected chi connectivity index (χ3v) is 1.84. The lowest BCUT2D eigenvalue weighted by molar-refractivity contribution is 0.214. The summed E-state index contributed by atoms with van der Waals surface area (Å²) in [6.07, 6.45) is 0. The van der Waals surface area contributed by atoms with Gasteiger partial charge in [0.25, 0.3) is 0 Å². The van der Waals surface area contributed by atoms with E-state index in [4.69, 9.17) is 5.11 Å². The van der Waals surface area contributed by atoms with E-state index < -0.39 is 0 Å². The molecule has 1 atom stereocenters. The van der Waals surface area contributed by atoms with Crippen LogP contribution in [0.25, 0.3) is 0 Å². The summed E-state index contributed by atoms with van der Waals surface area (Å²) >= 11 is 3.24. The largest absolute Gasteiger partial charge is 0.395 e. The summed E-state index contributed by atoms with van der Waals surface area (Å²) in [5.74, 6) is 0.451. The van der Waals surface area contributed by atoms with E-state index in [0.29, 0.717) is 12.5 Å². The van der Waals surface area contributed by atoms with Crippen molar-refractivity contribution in [2.24, 2.45) is 5.92 Å². The highest BCUT2D eigenvalue weighted by Crippen LogP contribution is 2.03. The molecule has 2 N–H and O–H groups in total. The van der Waals surface area contributed by atoms with Gasteiger partial charge in [0.15, 0.2) is 0 Å². The molecule has 0 aromatic carbocycles. The first-order chi connectivity index (χ1) is 5.07. The third-order valence-electron chi connectivity index (χ3n) is 1.56. The van der Waals surface area contributed by atoms with Gasteiger partial charge in [-0.3, -0.25) is 0 Å². The second-order valence-corrected chi connectivity index (χ2v) is 4.05. The molecule has 1 unspecified atom stereocenters. The van der Waals surface area contributed by atoms with E-state index in [0.717, 1.165) is 4.48 Å². The van der Waals surface area contributed by atoms with Gasteiger partial charge in [0, 0.05) is 17.1 Å². The van der Waals surface area contributed by atoms with Crippen LogP contribution in [0.4, 0.5) is 0 Å². The second-order valence-electron chi connectivity index (χ2n) is 2.93. The Labute approximate surface area is 76.8 Å². The predicted molar refractivity (Wildman–Crippen MR) is 51.8 cm³/mol. The second kappa shape index (κ2) is 5.75. The number of hydrogen-bond donors (Lipinski definition) is 2. The molecule has 0 amide bonds. The minimum atomic E-state index is 0.171. The summed E-state index contributed by atoms with van der Waals surface area (Å²) in [6, 6.07) is 0.171. The van der Waals surface area contributed by atoms with Crippen molar-refractivity contribution in [2.75, 3.05) is 13.2 Å². The molecule has 0 aliphatic heterocycles. The van der Waals surface area contributed by atoms with Crippen molar-refractivity contribution in [2.45, 2.75) is 19.9 Å². The van der Waals surface area contributed by atoms with Crippen molar-refractivity contribution < 1.29 is 5.11 Å². The fourth-order valence-electron chi connectivity index (χ4n) is 0.753. The monoisotopic (exact) mass is 221 g/mol. The number of aliphatic hydroxyl groups is 1. The Morgan fingerprint density at radius 1 is 1.64 bits per heavy atom. The van der Waals surface area contributed by atoms with Crippen LogP contribution in [0, 0.1) is 5.92 Å². The number of rotatable bonds is 5. The Morgan fingerprint density at radius 2 is 2.18 bits per heavy atom. The minimum Gasteiger partial charge on any atom is -0.395 e. The summed E-state index contributed by atoms with van der Waals surface area (Å²) in [5.41, 5.74) is 0. The van der Waals surface area contributed by atoms with E-state index in [1.165, 1.54) is 0 Å². The molecule has 0 rings (SSSR count). The molecule has 0 saturated carbocycles. The van der Waals surface area contributed by atoms with E-state index in [-0.39, 0.29) is 12.6 Å². The lowest BCUT2D eigenvalue weighted by Gasteiger charge is -2.19. The zero-order valence-corrected chi connectivity index (χ0v) is 8.69. The first-order valence-corrected chi connectivity index (χ1v) is 4.54. The van der Waals surface area contributed by atoms with Gasteiger partial charge in [0.2, 0.25) is 0 Å². The first kappa shape index (κ1) is 11.1. The van der Waals surface area contributed by atoms with Crippen LogP contribution < -0.4 is 5.32 Å². The maximum absolute atomic E-state index is 8.90. The Kier molecular flexibility index (Phi) is 5.82. The average molecular weight is 222 g/mol. The zero-order chi connectivity index (χ0) is 8.85. The molecule has 3 heteroatoms. The van der Waals surface area contributed by atoms with E-state index in [1.807, 2.05) is 0 Å². The molecule has 0 aromatic heterocycles. The van der Waals surface area contributed by atoms with Gasteiger partial charge in [-0.05, 0) is 5.92 Å². The van der Waals surface area contributed by atoms with E-state index >= 15 is 0 Å². The molecular formula is C8H16BrNO. The van der Waals surface area contributed by atoms with Crippen molar-refractivity contribution >= 4 is 15.9 Å². The molecule has 0 bridgehead atoms. The van der Waals surface area contributed by atoms with Gasteiger partial charge < -0.3 is 10.4 Å². The lowest BCUT2D eigenvalue weighted by atomic mass is 10.1. The third kappa shape index (κ3) is 5.41. The quantitative estimate of drug-likeness (QED) is 0.738. The van der Waals surface area contributed by atoms with Crippen LogP contribution in [0.2, 0.25) is 0 Å². The summed E-state index contributed by atoms with van der Waals surface area (Å²) in [5, 5.41) is 12.1. The standard InChI is InChI=1S/C8H16BrNO/c1-6(2)8(5-11)10-4-7(3)9/h6,8,10-11H,3-5H2,1-2H3. The molecule has 0 spiro atoms. The maximum Gasteiger partial charge on any atom is 0.0587 e. The highest BCUT2D eigenvalue weighted by atomic mass is 79.9. The minimum absolute atomic E-state index is 0.171. The van der Waals surface area contributed by atoms with E-state index in [1.54, 1.807) is 0 Å². The summed E-state index contributed by atoms with van der Waals surface area (Å²) < 4.78 is 0.914. The highest BCUT2D eigenvalue weighted by Gasteiger charge is 2.10. The summed E-state index contributed by atoms with van der Waals surface area (Å²) in [7, 11) is 0. The molecule has 2 nitrogen and oxygen atoms in total. The highest BCUT2D eigenvalue weighted by molar-refractivity contribution is 9.11. The smallest absolute Gasteiger partial charge is 0.0587 e. The van der Waals surface area contributed by atoms with Crippen LogP contribution in [-0.4, -0.2) is 24.3 Å². The molecule has 0 fully saturated rings. The molecule has 0 heterocycles. The summed E-state index contributed by atoms with van der Waals surface area (Å²) in [6.45, 7) is 8.73. The average Bonchev–Trinajstić information content (AvgIpc) is 1.87. The molecule has 0 saturated heterocycles. The van der Waals surface area contributed by atoms with Crippen molar-refractivity contribution in [1.82, 2.24) is 5.32 Å². The van der Waals surface area contributed by atoms with Gasteiger partial charge >= 0.3 is 0 Å². The van der Waals surface area contributed by atoms with Crippen LogP contribution in [0.5, 0.6) is 0 Å². The molecule has 0 aromatic rings. The SMILES string of the molecule is C=C(Br)CNC(CO)C(C)C. The Morgan fingerprint density at radius 3 is 2.45 bits per heavy atom. The normalized spacial score (nSPS) is 13.5. The van der Waals surface area contributed by atoms with Crippen molar-refractivity contribution in [1.29, 1.82) is 0 Å². The molecular weight excluding hydrogens is 206 g/mol. The Hall–Kier alpha value is 0.140. The number of hydrogen-bond acceptors (Lipinski definition) is 2. The lowest BCUT2D eigenvalue weighted by Crippen LogP contribution is -2.37. The first-order valence-electron chi connectivity index (χ1n) is 3.75. The zero-order valence-electron chi connectivity index (χ0n) is 7.10. The number of halogens is 1. The molecule has 0 aliphatic carbocycles. The Balaban J connectivity index is 3.61. The summed E-state index contributed by atoms with van der Waals surface area (Å²) in [4.78, 5) is 0. The fraction of sp³-hybridized carbons (Fsp3) is 0.750. The number of nitrogens with one attached hydrogen (secondary N) is 1. The van der Waals surface area contributed by atoms with Gasteiger partial charge in [-0.2, -0.15) is 0 Å². The van der Waals surface area contributed by atoms with Crippen LogP contribution in [-0.2, 0) is 0 Å². The van der Waals surface area contributed by atoms with Gasteiger partial charge in [0.1, 0.15) is 0 Å². The van der Waals surface area contributed by atoms with Crippen LogP contribution in [0.3, 0.4) is 0 Å². The van der Waals surface area contributed by atoms with Gasteiger partial charge in [-0.1, -0.05) is 36.4 Å². The van der Waals surface area contributed by atoms with Gasteiger partial charge in [-0.15, -0.1) is 0 Å². The van der Waals surface area contributed by atoms with E-state index in [2.05, 4.69) is 41.7 Å². The van der Waals surface area contributed by atoms with Crippen molar-refractivity contribution in [3.05, 3.63) is 11.1 Å². The van der Waals surface area contributed by atoms with Crippen LogP contribution in [0.1, 0.15) is 13.8 Å². The Bertz CT molecular complexity index is 125. The van der Waals surface area contributed by atoms with Gasteiger partial charge in [0.05, 0.1) is 6.61 Å². The van der Waals surface area contributed by atoms with Crippen molar-refractivity contribution in [3.8, 4) is 0 Å². The molecule has 11 heavy (non-hydrogen) atoms. The van der Waals surface area contributed by atoms with Gasteiger partial charge in [-0.25, -0.2) is 0 Å². The maximum atomic E-state index is 8.90. The topological polar surface area (TPSA) is 32.3 Å². The molecule has 0 aliphatic rings. The van der Waals surface area contributed by atoms with Crippen LogP contribution >= 0.6 is 15.9 Å². The molecule has 0 radical (unpaired) electrons. The molecule has 66 valence electrons. The predicted octanol–water partition coefficient (Wildman–Crippen LogP) is 1.50.